The molecule has 5 nitrogen and oxygen atoms in total. The van der Waals surface area contributed by atoms with Crippen LogP contribution in [0, 0.1) is 0 Å². The molecule has 0 fully saturated rings. The van der Waals surface area contributed by atoms with Crippen molar-refractivity contribution < 1.29 is 0 Å². The second-order valence-corrected chi connectivity index (χ2v) is 6.79. The van der Waals surface area contributed by atoms with Gasteiger partial charge in [-0.25, -0.2) is 4.98 Å². The Morgan fingerprint density at radius 3 is 3.00 bits per heavy atom. The summed E-state index contributed by atoms with van der Waals surface area (Å²) in [5.74, 6) is 0.996. The number of fused-ring (bicyclic) bond motifs is 2. The van der Waals surface area contributed by atoms with Gasteiger partial charge in [-0.1, -0.05) is 30.4 Å². The minimum atomic E-state index is 0.315. The van der Waals surface area contributed by atoms with Crippen LogP contribution >= 0.6 is 0 Å². The van der Waals surface area contributed by atoms with Crippen LogP contribution in [0.15, 0.2) is 54.7 Å². The van der Waals surface area contributed by atoms with Gasteiger partial charge >= 0.3 is 0 Å². The van der Waals surface area contributed by atoms with Crippen LogP contribution in [-0.4, -0.2) is 32.9 Å². The molecule has 0 amide bonds. The van der Waals surface area contributed by atoms with E-state index in [9.17, 15) is 0 Å². The summed E-state index contributed by atoms with van der Waals surface area (Å²) in [4.78, 5) is 15.4. The van der Waals surface area contributed by atoms with E-state index in [0.717, 1.165) is 42.8 Å². The lowest BCUT2D eigenvalue weighted by atomic mass is 9.90. The van der Waals surface area contributed by atoms with Crippen LogP contribution in [0.4, 0.5) is 0 Å². The molecule has 26 heavy (non-hydrogen) atoms. The molecule has 134 valence electrons. The fourth-order valence-corrected chi connectivity index (χ4v) is 3.82. The monoisotopic (exact) mass is 347 g/mol. The minimum Gasteiger partial charge on any atom is -0.341 e. The molecule has 1 aromatic carbocycles. The van der Waals surface area contributed by atoms with Crippen LogP contribution in [0.1, 0.15) is 36.0 Å². The van der Waals surface area contributed by atoms with Crippen LogP contribution in [0.5, 0.6) is 0 Å². The fourth-order valence-electron chi connectivity index (χ4n) is 3.82. The number of nitrogens with two attached hydrogens (primary N) is 1. The molecule has 0 aliphatic heterocycles. The van der Waals surface area contributed by atoms with Crippen molar-refractivity contribution >= 4 is 11.0 Å². The van der Waals surface area contributed by atoms with E-state index in [-0.39, 0.29) is 0 Å². The zero-order valence-corrected chi connectivity index (χ0v) is 14.9. The minimum absolute atomic E-state index is 0.315. The lowest BCUT2D eigenvalue weighted by Crippen LogP contribution is -2.32. The van der Waals surface area contributed by atoms with Gasteiger partial charge in [0.05, 0.1) is 29.3 Å². The highest BCUT2D eigenvalue weighted by molar-refractivity contribution is 5.74. The van der Waals surface area contributed by atoms with Gasteiger partial charge in [-0.05, 0) is 43.0 Å². The van der Waals surface area contributed by atoms with Crippen molar-refractivity contribution in [3.05, 3.63) is 71.8 Å². The van der Waals surface area contributed by atoms with Crippen LogP contribution in [-0.2, 0) is 13.0 Å². The lowest BCUT2D eigenvalue weighted by Gasteiger charge is -2.33. The number of H-pyrrole nitrogens is 1. The van der Waals surface area contributed by atoms with Gasteiger partial charge in [0.1, 0.15) is 5.82 Å². The number of imidazole rings is 1. The van der Waals surface area contributed by atoms with E-state index in [2.05, 4.69) is 28.1 Å². The molecule has 1 atom stereocenters. The van der Waals surface area contributed by atoms with Crippen molar-refractivity contribution in [3.63, 3.8) is 0 Å². The molecule has 1 aliphatic carbocycles. The molecular formula is C21H25N5. The number of rotatable bonds is 6. The first-order valence-corrected chi connectivity index (χ1v) is 9.31. The van der Waals surface area contributed by atoms with Gasteiger partial charge in [-0.15, -0.1) is 0 Å². The molecule has 1 unspecified atom stereocenters. The SMILES string of the molecule is NC/C=C\CN(Cc1nc2ccccc2[nH]1)C1CCCc2cccnc21. The van der Waals surface area contributed by atoms with Crippen molar-refractivity contribution in [3.8, 4) is 0 Å². The van der Waals surface area contributed by atoms with E-state index in [4.69, 9.17) is 15.7 Å². The van der Waals surface area contributed by atoms with Crippen molar-refractivity contribution in [1.29, 1.82) is 0 Å². The van der Waals surface area contributed by atoms with Crippen LogP contribution in [0.3, 0.4) is 0 Å². The number of hydrogen-bond donors (Lipinski definition) is 2. The van der Waals surface area contributed by atoms with Gasteiger partial charge in [-0.2, -0.15) is 0 Å². The molecule has 0 spiro atoms. The summed E-state index contributed by atoms with van der Waals surface area (Å²) in [7, 11) is 0. The predicted molar refractivity (Wildman–Crippen MR) is 105 cm³/mol. The fraction of sp³-hybridized carbons (Fsp3) is 0.333. The molecule has 3 N–H and O–H groups in total. The van der Waals surface area contributed by atoms with Gasteiger partial charge in [0.2, 0.25) is 0 Å². The summed E-state index contributed by atoms with van der Waals surface area (Å²) in [5.41, 5.74) is 10.3. The van der Waals surface area contributed by atoms with Crippen molar-refractivity contribution in [2.24, 2.45) is 5.73 Å². The summed E-state index contributed by atoms with van der Waals surface area (Å²) < 4.78 is 0. The number of nitrogens with one attached hydrogen (secondary N) is 1. The normalized spacial score (nSPS) is 17.2. The number of aryl methyl sites for hydroxylation is 1. The third-order valence-corrected chi connectivity index (χ3v) is 5.04. The molecule has 1 aliphatic rings. The van der Waals surface area contributed by atoms with E-state index in [1.807, 2.05) is 36.5 Å². The number of nitrogens with zero attached hydrogens (tertiary/aromatic N) is 3. The maximum Gasteiger partial charge on any atom is 0.121 e. The number of aromatic nitrogens is 3. The number of para-hydroxylation sites is 2. The van der Waals surface area contributed by atoms with Gasteiger partial charge in [0.25, 0.3) is 0 Å². The molecule has 4 rings (SSSR count). The van der Waals surface area contributed by atoms with Gasteiger partial charge in [0, 0.05) is 19.3 Å². The second-order valence-electron chi connectivity index (χ2n) is 6.79. The Hall–Kier alpha value is -2.50. The van der Waals surface area contributed by atoms with E-state index in [1.54, 1.807) is 0 Å². The number of aromatic amines is 1. The highest BCUT2D eigenvalue weighted by atomic mass is 15.2. The Labute approximate surface area is 154 Å². The van der Waals surface area contributed by atoms with Crippen molar-refractivity contribution in [2.75, 3.05) is 13.1 Å². The molecule has 2 heterocycles. The predicted octanol–water partition coefficient (Wildman–Crippen LogP) is 3.35. The highest BCUT2D eigenvalue weighted by Crippen LogP contribution is 2.33. The number of benzene rings is 1. The van der Waals surface area contributed by atoms with Crippen LogP contribution in [0.25, 0.3) is 11.0 Å². The van der Waals surface area contributed by atoms with Gasteiger partial charge in [0.15, 0.2) is 0 Å². The quantitative estimate of drug-likeness (QED) is 0.671. The second kappa shape index (κ2) is 7.81. The molecule has 0 saturated heterocycles. The van der Waals surface area contributed by atoms with Crippen LogP contribution in [0.2, 0.25) is 0 Å². The van der Waals surface area contributed by atoms with Crippen molar-refractivity contribution in [1.82, 2.24) is 19.9 Å². The average Bonchev–Trinajstić information content (AvgIpc) is 3.09. The van der Waals surface area contributed by atoms with Gasteiger partial charge in [-0.3, -0.25) is 9.88 Å². The first-order valence-electron chi connectivity index (χ1n) is 9.31. The molecule has 0 radical (unpaired) electrons. The topological polar surface area (TPSA) is 70.8 Å². The summed E-state index contributed by atoms with van der Waals surface area (Å²) >= 11 is 0. The molecule has 0 saturated carbocycles. The van der Waals surface area contributed by atoms with Crippen LogP contribution < -0.4 is 5.73 Å². The van der Waals surface area contributed by atoms with E-state index >= 15 is 0 Å². The van der Waals surface area contributed by atoms with E-state index < -0.39 is 0 Å². The standard InChI is InChI=1S/C21H25N5/c22-12-3-4-14-26(15-20-24-17-9-1-2-10-18(17)25-20)19-11-5-7-16-8-6-13-23-21(16)19/h1-4,6,8-10,13,19H,5,7,11-12,14-15,22H2,(H,24,25)/b4-3-. The highest BCUT2D eigenvalue weighted by Gasteiger charge is 2.27. The first kappa shape index (κ1) is 16.9. The third kappa shape index (κ3) is 3.54. The maximum absolute atomic E-state index is 5.64. The molecule has 0 bridgehead atoms. The Bertz CT molecular complexity index is 865. The molecule has 3 aromatic rings. The summed E-state index contributed by atoms with van der Waals surface area (Å²) in [6.07, 6.45) is 9.53. The Balaban J connectivity index is 1.63. The summed E-state index contributed by atoms with van der Waals surface area (Å²) in [6, 6.07) is 12.7. The zero-order chi connectivity index (χ0) is 17.8. The smallest absolute Gasteiger partial charge is 0.121 e. The lowest BCUT2D eigenvalue weighted by molar-refractivity contribution is 0.181. The van der Waals surface area contributed by atoms with E-state index in [1.165, 1.54) is 17.7 Å². The largest absolute Gasteiger partial charge is 0.341 e. The number of hydrogen-bond acceptors (Lipinski definition) is 4. The number of pyridine rings is 1. The Morgan fingerprint density at radius 1 is 1.19 bits per heavy atom. The Morgan fingerprint density at radius 2 is 2.12 bits per heavy atom. The van der Waals surface area contributed by atoms with E-state index in [0.29, 0.717) is 12.6 Å². The zero-order valence-electron chi connectivity index (χ0n) is 14.9. The summed E-state index contributed by atoms with van der Waals surface area (Å²) in [5, 5.41) is 0. The summed E-state index contributed by atoms with van der Waals surface area (Å²) in [6.45, 7) is 2.18. The molecule has 2 aromatic heterocycles. The average molecular weight is 347 g/mol. The Kier molecular flexibility index (Phi) is 5.09. The maximum atomic E-state index is 5.64. The van der Waals surface area contributed by atoms with Gasteiger partial charge < -0.3 is 10.7 Å². The molecule has 5 heteroatoms. The third-order valence-electron chi connectivity index (χ3n) is 5.04. The molecular weight excluding hydrogens is 322 g/mol. The van der Waals surface area contributed by atoms with Crippen molar-refractivity contribution in [2.45, 2.75) is 31.8 Å². The first-order chi connectivity index (χ1) is 12.8.